The van der Waals surface area contributed by atoms with Gasteiger partial charge in [-0.15, -0.1) is 21.5 Å². The number of furan rings is 1. The second-order valence-corrected chi connectivity index (χ2v) is 7.82. The van der Waals surface area contributed by atoms with Gasteiger partial charge in [-0.2, -0.15) is 0 Å². The number of carbonyl (C=O) groups excluding carboxylic acids is 1. The van der Waals surface area contributed by atoms with Gasteiger partial charge in [-0.3, -0.25) is 9.20 Å². The van der Waals surface area contributed by atoms with Crippen LogP contribution in [0.15, 0.2) is 52.6 Å². The van der Waals surface area contributed by atoms with Crippen molar-refractivity contribution in [1.29, 1.82) is 0 Å². The van der Waals surface area contributed by atoms with Crippen molar-refractivity contribution in [2.75, 3.05) is 13.1 Å². The fraction of sp³-hybridized carbons (Fsp3) is 0.300. The van der Waals surface area contributed by atoms with E-state index in [-0.39, 0.29) is 11.8 Å². The molecule has 8 heteroatoms. The molecule has 1 aliphatic rings. The van der Waals surface area contributed by atoms with Crippen molar-refractivity contribution in [1.82, 2.24) is 24.5 Å². The van der Waals surface area contributed by atoms with Crippen LogP contribution in [0.5, 0.6) is 0 Å². The minimum Gasteiger partial charge on any atom is -0.462 e. The predicted molar refractivity (Wildman–Crippen MR) is 105 cm³/mol. The number of thiazole rings is 1. The van der Waals surface area contributed by atoms with Crippen molar-refractivity contribution in [2.45, 2.75) is 25.2 Å². The third-order valence-electron chi connectivity index (χ3n) is 5.10. The topological polar surface area (TPSA) is 76.5 Å². The van der Waals surface area contributed by atoms with Gasteiger partial charge in [0.1, 0.15) is 5.82 Å². The largest absolute Gasteiger partial charge is 0.462 e. The van der Waals surface area contributed by atoms with E-state index in [2.05, 4.69) is 15.2 Å². The van der Waals surface area contributed by atoms with E-state index < -0.39 is 0 Å². The van der Waals surface area contributed by atoms with Crippen LogP contribution < -0.4 is 0 Å². The Morgan fingerprint density at radius 3 is 3.11 bits per heavy atom. The van der Waals surface area contributed by atoms with Crippen LogP contribution in [0.25, 0.3) is 16.4 Å². The molecule has 4 aromatic heterocycles. The Morgan fingerprint density at radius 1 is 1.25 bits per heavy atom. The van der Waals surface area contributed by atoms with E-state index in [1.54, 1.807) is 6.26 Å². The van der Waals surface area contributed by atoms with Gasteiger partial charge in [0.15, 0.2) is 16.4 Å². The maximum absolute atomic E-state index is 12.9. The van der Waals surface area contributed by atoms with Crippen molar-refractivity contribution in [3.8, 4) is 10.8 Å². The van der Waals surface area contributed by atoms with Gasteiger partial charge < -0.3 is 9.32 Å². The fourth-order valence-electron chi connectivity index (χ4n) is 3.72. The Morgan fingerprint density at radius 2 is 2.21 bits per heavy atom. The van der Waals surface area contributed by atoms with Gasteiger partial charge in [0.25, 0.3) is 0 Å². The Labute approximate surface area is 165 Å². The molecule has 1 fully saturated rings. The zero-order valence-electron chi connectivity index (χ0n) is 15.2. The van der Waals surface area contributed by atoms with Crippen LogP contribution in [0.1, 0.15) is 30.3 Å². The van der Waals surface area contributed by atoms with Crippen molar-refractivity contribution < 1.29 is 9.21 Å². The highest BCUT2D eigenvalue weighted by atomic mass is 32.1. The fourth-order valence-corrected chi connectivity index (χ4v) is 4.51. The monoisotopic (exact) mass is 393 g/mol. The number of piperidine rings is 1. The maximum Gasteiger partial charge on any atom is 0.228 e. The molecule has 4 aromatic rings. The Bertz CT molecular complexity index is 1100. The number of hydrogen-bond acceptors (Lipinski definition) is 6. The van der Waals surface area contributed by atoms with Gasteiger partial charge >= 0.3 is 0 Å². The van der Waals surface area contributed by atoms with Crippen LogP contribution in [-0.2, 0) is 11.2 Å². The summed E-state index contributed by atoms with van der Waals surface area (Å²) in [5, 5.41) is 11.4. The molecular formula is C20H19N5O2S. The number of nitrogens with zero attached hydrogens (tertiary/aromatic N) is 5. The lowest BCUT2D eigenvalue weighted by Gasteiger charge is -2.32. The van der Waals surface area contributed by atoms with Crippen molar-refractivity contribution >= 4 is 22.9 Å². The Balaban J connectivity index is 1.29. The number of amides is 1. The van der Waals surface area contributed by atoms with Gasteiger partial charge in [0.2, 0.25) is 5.91 Å². The highest BCUT2D eigenvalue weighted by Crippen LogP contribution is 2.27. The zero-order valence-corrected chi connectivity index (χ0v) is 16.0. The smallest absolute Gasteiger partial charge is 0.228 e. The van der Waals surface area contributed by atoms with E-state index in [1.807, 2.05) is 51.2 Å². The third kappa shape index (κ3) is 3.20. The van der Waals surface area contributed by atoms with E-state index in [4.69, 9.17) is 4.42 Å². The minimum atomic E-state index is 0.106. The lowest BCUT2D eigenvalue weighted by Crippen LogP contribution is -2.40. The summed E-state index contributed by atoms with van der Waals surface area (Å²) in [6.07, 6.45) is 5.90. The Hall–Kier alpha value is -3.00. The molecule has 0 N–H and O–H groups in total. The summed E-state index contributed by atoms with van der Waals surface area (Å²) in [5.41, 5.74) is 1.63. The normalized spacial score (nSPS) is 17.3. The average molecular weight is 393 g/mol. The molecule has 1 unspecified atom stereocenters. The Kier molecular flexibility index (Phi) is 4.40. The summed E-state index contributed by atoms with van der Waals surface area (Å²) in [6, 6.07) is 9.59. The van der Waals surface area contributed by atoms with E-state index in [1.165, 1.54) is 11.3 Å². The highest BCUT2D eigenvalue weighted by Gasteiger charge is 2.28. The van der Waals surface area contributed by atoms with Gasteiger partial charge in [-0.05, 0) is 37.1 Å². The number of aromatic nitrogens is 4. The lowest BCUT2D eigenvalue weighted by molar-refractivity contribution is -0.131. The molecule has 0 radical (unpaired) electrons. The van der Waals surface area contributed by atoms with Crippen LogP contribution in [-0.4, -0.2) is 43.5 Å². The van der Waals surface area contributed by atoms with E-state index in [9.17, 15) is 4.79 Å². The maximum atomic E-state index is 12.9. The second kappa shape index (κ2) is 7.20. The van der Waals surface area contributed by atoms with Crippen LogP contribution in [0.3, 0.4) is 0 Å². The standard InChI is InChI=1S/C20H19N5O2S/c26-18(11-15-13-28-20(21-15)16-6-4-10-27-16)24-8-3-5-14(12-24)19-23-22-17-7-1-2-9-25(17)19/h1-2,4,6-7,9-10,13-14H,3,5,8,11-12H2. The summed E-state index contributed by atoms with van der Waals surface area (Å²) in [4.78, 5) is 19.3. The first-order chi connectivity index (χ1) is 13.8. The number of carbonyl (C=O) groups is 1. The first-order valence-electron chi connectivity index (χ1n) is 9.33. The summed E-state index contributed by atoms with van der Waals surface area (Å²) >= 11 is 1.50. The van der Waals surface area contributed by atoms with E-state index >= 15 is 0 Å². The van der Waals surface area contributed by atoms with Gasteiger partial charge in [0, 0.05) is 30.6 Å². The molecule has 5 heterocycles. The SMILES string of the molecule is O=C(Cc1csc(-c2ccco2)n1)N1CCCC(c2nnc3ccccn23)C1. The van der Waals surface area contributed by atoms with Crippen LogP contribution >= 0.6 is 11.3 Å². The number of rotatable bonds is 4. The summed E-state index contributed by atoms with van der Waals surface area (Å²) < 4.78 is 7.40. The summed E-state index contributed by atoms with van der Waals surface area (Å²) in [5.74, 6) is 1.97. The van der Waals surface area contributed by atoms with Crippen molar-refractivity contribution in [3.63, 3.8) is 0 Å². The molecule has 1 atom stereocenters. The lowest BCUT2D eigenvalue weighted by atomic mass is 9.97. The highest BCUT2D eigenvalue weighted by molar-refractivity contribution is 7.13. The molecule has 0 aromatic carbocycles. The van der Waals surface area contributed by atoms with Gasteiger partial charge in [0.05, 0.1) is 18.4 Å². The molecule has 0 saturated carbocycles. The first-order valence-corrected chi connectivity index (χ1v) is 10.2. The molecule has 1 aliphatic heterocycles. The number of pyridine rings is 1. The molecule has 28 heavy (non-hydrogen) atoms. The van der Waals surface area contributed by atoms with Crippen molar-refractivity contribution in [2.24, 2.45) is 0 Å². The minimum absolute atomic E-state index is 0.106. The molecule has 1 amide bonds. The van der Waals surface area contributed by atoms with Crippen molar-refractivity contribution in [3.05, 3.63) is 59.7 Å². The van der Waals surface area contributed by atoms with Gasteiger partial charge in [-0.1, -0.05) is 6.07 Å². The number of hydrogen-bond donors (Lipinski definition) is 0. The molecule has 5 rings (SSSR count). The third-order valence-corrected chi connectivity index (χ3v) is 6.00. The zero-order chi connectivity index (χ0) is 18.9. The first kappa shape index (κ1) is 17.1. The second-order valence-electron chi connectivity index (χ2n) is 6.96. The van der Waals surface area contributed by atoms with Crippen LogP contribution in [0.2, 0.25) is 0 Å². The van der Waals surface area contributed by atoms with E-state index in [0.717, 1.165) is 47.3 Å². The molecule has 142 valence electrons. The van der Waals surface area contributed by atoms with Crippen LogP contribution in [0.4, 0.5) is 0 Å². The summed E-state index contributed by atoms with van der Waals surface area (Å²) in [6.45, 7) is 1.45. The molecule has 0 bridgehead atoms. The van der Waals surface area contributed by atoms with E-state index in [0.29, 0.717) is 13.0 Å². The quantitative estimate of drug-likeness (QED) is 0.531. The molecular weight excluding hydrogens is 374 g/mol. The molecule has 1 saturated heterocycles. The van der Waals surface area contributed by atoms with Crippen LogP contribution in [0, 0.1) is 0 Å². The number of fused-ring (bicyclic) bond motifs is 1. The van der Waals surface area contributed by atoms with Gasteiger partial charge in [-0.25, -0.2) is 4.98 Å². The molecule has 7 nitrogen and oxygen atoms in total. The number of likely N-dealkylation sites (tertiary alicyclic amines) is 1. The molecule has 0 spiro atoms. The average Bonchev–Trinajstić information content (AvgIpc) is 3.48. The predicted octanol–water partition coefficient (Wildman–Crippen LogP) is 3.39. The summed E-state index contributed by atoms with van der Waals surface area (Å²) in [7, 11) is 0. The molecule has 0 aliphatic carbocycles.